The van der Waals surface area contributed by atoms with Crippen molar-refractivity contribution in [3.05, 3.63) is 0 Å². The predicted molar refractivity (Wildman–Crippen MR) is 79.0 cm³/mol. The van der Waals surface area contributed by atoms with Gasteiger partial charge in [-0.15, -0.1) is 0 Å². The summed E-state index contributed by atoms with van der Waals surface area (Å²) in [5, 5.41) is 2.86. The van der Waals surface area contributed by atoms with Crippen molar-refractivity contribution in [2.45, 2.75) is 31.7 Å². The predicted octanol–water partition coefficient (Wildman–Crippen LogP) is -0.188. The van der Waals surface area contributed by atoms with Crippen LogP contribution in [0.15, 0.2) is 4.99 Å². The maximum absolute atomic E-state index is 12.4. The molecule has 1 spiro atoms. The minimum absolute atomic E-state index is 0.00345. The molecule has 2 aliphatic heterocycles. The molecule has 2 heterocycles. The maximum Gasteiger partial charge on any atom is 0.281 e. The average Bonchev–Trinajstić information content (AvgIpc) is 3.06. The summed E-state index contributed by atoms with van der Waals surface area (Å²) >= 11 is 0. The van der Waals surface area contributed by atoms with Crippen LogP contribution in [-0.2, 0) is 15.0 Å². The molecular formula is C13H22N4O3S. The van der Waals surface area contributed by atoms with Crippen molar-refractivity contribution in [1.82, 2.24) is 13.9 Å². The summed E-state index contributed by atoms with van der Waals surface area (Å²) in [6, 6.07) is 0. The van der Waals surface area contributed by atoms with Crippen molar-refractivity contribution >= 4 is 22.0 Å². The number of amides is 1. The Hall–Kier alpha value is -0.990. The first kappa shape index (κ1) is 14.9. The highest BCUT2D eigenvalue weighted by atomic mass is 32.2. The van der Waals surface area contributed by atoms with Gasteiger partial charge in [0.15, 0.2) is 0 Å². The minimum atomic E-state index is -3.41. The van der Waals surface area contributed by atoms with Crippen LogP contribution in [0.1, 0.15) is 26.2 Å². The van der Waals surface area contributed by atoms with Crippen LogP contribution < -0.4 is 5.32 Å². The first-order valence-electron chi connectivity index (χ1n) is 7.39. The molecule has 0 aromatic carbocycles. The van der Waals surface area contributed by atoms with Gasteiger partial charge in [-0.25, -0.2) is 0 Å². The normalized spacial score (nSPS) is 36.4. The van der Waals surface area contributed by atoms with E-state index in [9.17, 15) is 13.2 Å². The van der Waals surface area contributed by atoms with E-state index >= 15 is 0 Å². The molecule has 1 saturated heterocycles. The third-order valence-corrected chi connectivity index (χ3v) is 6.90. The molecule has 1 amide bonds. The second kappa shape index (κ2) is 4.76. The zero-order valence-corrected chi connectivity index (χ0v) is 13.5. The largest absolute Gasteiger partial charge is 0.312 e. The fraction of sp³-hybridized carbons (Fsp3) is 0.846. The molecule has 1 aliphatic carbocycles. The molecular weight excluding hydrogens is 292 g/mol. The van der Waals surface area contributed by atoms with E-state index in [2.05, 4.69) is 10.3 Å². The van der Waals surface area contributed by atoms with Crippen LogP contribution in [0.5, 0.6) is 0 Å². The summed E-state index contributed by atoms with van der Waals surface area (Å²) in [4.78, 5) is 17.0. The van der Waals surface area contributed by atoms with Gasteiger partial charge in [0, 0.05) is 39.5 Å². The monoisotopic (exact) mass is 314 g/mol. The Labute approximate surface area is 125 Å². The highest BCUT2D eigenvalue weighted by molar-refractivity contribution is 7.86. The second-order valence-electron chi connectivity index (χ2n) is 6.30. The summed E-state index contributed by atoms with van der Waals surface area (Å²) in [5.74, 6) is 0.909. The molecule has 0 radical (unpaired) electrons. The zero-order chi connectivity index (χ0) is 15.4. The molecule has 1 saturated carbocycles. The summed E-state index contributed by atoms with van der Waals surface area (Å²) < 4.78 is 27.3. The number of fused-ring (bicyclic) bond motifs is 2. The van der Waals surface area contributed by atoms with E-state index in [0.717, 1.165) is 18.7 Å². The number of aliphatic imine (C=N–C) groups is 1. The van der Waals surface area contributed by atoms with E-state index in [1.54, 1.807) is 0 Å². The van der Waals surface area contributed by atoms with Crippen LogP contribution >= 0.6 is 0 Å². The van der Waals surface area contributed by atoms with Gasteiger partial charge in [-0.2, -0.15) is 17.0 Å². The van der Waals surface area contributed by atoms with E-state index in [1.165, 1.54) is 22.7 Å². The first-order valence-corrected chi connectivity index (χ1v) is 8.78. The molecule has 118 valence electrons. The van der Waals surface area contributed by atoms with E-state index in [1.807, 2.05) is 6.92 Å². The summed E-state index contributed by atoms with van der Waals surface area (Å²) in [7, 11) is -0.342. The van der Waals surface area contributed by atoms with Crippen molar-refractivity contribution < 1.29 is 13.2 Å². The lowest BCUT2D eigenvalue weighted by Gasteiger charge is -2.26. The Morgan fingerprint density at radius 3 is 2.71 bits per heavy atom. The van der Waals surface area contributed by atoms with Gasteiger partial charge in [0.2, 0.25) is 0 Å². The van der Waals surface area contributed by atoms with E-state index in [0.29, 0.717) is 19.5 Å². The first-order chi connectivity index (χ1) is 9.81. The molecule has 3 atom stereocenters. The van der Waals surface area contributed by atoms with E-state index < -0.39 is 15.7 Å². The van der Waals surface area contributed by atoms with Crippen LogP contribution in [-0.4, -0.2) is 61.5 Å². The molecule has 3 rings (SSSR count). The fourth-order valence-corrected chi connectivity index (χ4v) is 5.01. The minimum Gasteiger partial charge on any atom is -0.312 e. The average molecular weight is 314 g/mol. The van der Waals surface area contributed by atoms with Crippen LogP contribution in [0.2, 0.25) is 0 Å². The molecule has 7 nitrogen and oxygen atoms in total. The topological polar surface area (TPSA) is 82.1 Å². The van der Waals surface area contributed by atoms with Gasteiger partial charge in [0.05, 0.1) is 0 Å². The molecule has 0 aromatic heterocycles. The van der Waals surface area contributed by atoms with Gasteiger partial charge < -0.3 is 5.32 Å². The van der Waals surface area contributed by atoms with Gasteiger partial charge in [-0.05, 0) is 18.8 Å². The van der Waals surface area contributed by atoms with Crippen LogP contribution in [0.3, 0.4) is 0 Å². The lowest BCUT2D eigenvalue weighted by atomic mass is 9.85. The smallest absolute Gasteiger partial charge is 0.281 e. The van der Waals surface area contributed by atoms with Crippen LogP contribution in [0.4, 0.5) is 0 Å². The molecule has 21 heavy (non-hydrogen) atoms. The van der Waals surface area contributed by atoms with Crippen molar-refractivity contribution in [3.8, 4) is 0 Å². The van der Waals surface area contributed by atoms with Crippen molar-refractivity contribution in [3.63, 3.8) is 0 Å². The number of nitrogens with one attached hydrogen (secondary N) is 1. The standard InChI is InChI=1S/C13H22N4O3S/c1-4-11-14-12(18)13(15-11)6-5-9-7-17(8-10(9)13)21(19,20)16(2)3/h9-10H,4-8H2,1-3H3,(H,14,15,18)/t9-,10+,13-/m1/s1. The quantitative estimate of drug-likeness (QED) is 0.784. The Kier molecular flexibility index (Phi) is 3.38. The molecule has 0 aromatic rings. The van der Waals surface area contributed by atoms with Gasteiger partial charge >= 0.3 is 0 Å². The molecule has 8 heteroatoms. The van der Waals surface area contributed by atoms with Crippen molar-refractivity contribution in [2.24, 2.45) is 16.8 Å². The molecule has 2 fully saturated rings. The van der Waals surface area contributed by atoms with E-state index in [-0.39, 0.29) is 17.7 Å². The number of carbonyl (C=O) groups is 1. The van der Waals surface area contributed by atoms with Crippen LogP contribution in [0.25, 0.3) is 0 Å². The number of amidine groups is 1. The third kappa shape index (κ3) is 2.03. The Morgan fingerprint density at radius 2 is 2.14 bits per heavy atom. The van der Waals surface area contributed by atoms with Gasteiger partial charge in [-0.1, -0.05) is 6.92 Å². The van der Waals surface area contributed by atoms with Crippen molar-refractivity contribution in [2.75, 3.05) is 27.2 Å². The maximum atomic E-state index is 12.4. The number of carbonyl (C=O) groups excluding carboxylic acids is 1. The van der Waals surface area contributed by atoms with Crippen molar-refractivity contribution in [1.29, 1.82) is 0 Å². The Morgan fingerprint density at radius 1 is 1.43 bits per heavy atom. The number of rotatable bonds is 3. The summed E-state index contributed by atoms with van der Waals surface area (Å²) in [6.07, 6.45) is 2.29. The summed E-state index contributed by atoms with van der Waals surface area (Å²) in [5.41, 5.74) is -0.730. The molecule has 3 aliphatic rings. The van der Waals surface area contributed by atoms with Gasteiger partial charge in [0.1, 0.15) is 11.4 Å². The van der Waals surface area contributed by atoms with Gasteiger partial charge in [-0.3, -0.25) is 9.79 Å². The molecule has 1 N–H and O–H groups in total. The lowest BCUT2D eigenvalue weighted by molar-refractivity contribution is -0.124. The third-order valence-electron chi connectivity index (χ3n) is 5.03. The SMILES string of the molecule is CCC1=N[C@@]2(CC[C@@H]3CN(S(=O)(=O)N(C)C)C[C@@H]32)C(=O)N1. The number of hydrogen-bond acceptors (Lipinski definition) is 4. The Bertz CT molecular complexity index is 601. The highest BCUT2D eigenvalue weighted by Gasteiger charge is 2.60. The molecule has 0 bridgehead atoms. The summed E-state index contributed by atoms with van der Waals surface area (Å²) in [6.45, 7) is 2.85. The highest BCUT2D eigenvalue weighted by Crippen LogP contribution is 2.49. The van der Waals surface area contributed by atoms with Gasteiger partial charge in [0.25, 0.3) is 16.1 Å². The Balaban J connectivity index is 1.88. The lowest BCUT2D eigenvalue weighted by Crippen LogP contribution is -2.46. The van der Waals surface area contributed by atoms with E-state index in [4.69, 9.17) is 0 Å². The fourth-order valence-electron chi connectivity index (χ4n) is 3.82. The zero-order valence-electron chi connectivity index (χ0n) is 12.7. The van der Waals surface area contributed by atoms with Crippen LogP contribution in [0, 0.1) is 11.8 Å². The molecule has 0 unspecified atom stereocenters. The number of hydrogen-bond donors (Lipinski definition) is 1. The number of nitrogens with zero attached hydrogens (tertiary/aromatic N) is 3. The second-order valence-corrected chi connectivity index (χ2v) is 8.45.